The van der Waals surface area contributed by atoms with Crippen molar-refractivity contribution in [1.82, 2.24) is 9.80 Å². The molecule has 0 fully saturated rings. The second kappa shape index (κ2) is 14.9. The predicted octanol–water partition coefficient (Wildman–Crippen LogP) is 2.06. The molecule has 3 heteroatoms. The van der Waals surface area contributed by atoms with E-state index < -0.39 is 0 Å². The molecule has 0 amide bonds. The van der Waals surface area contributed by atoms with Crippen LogP contribution in [0.3, 0.4) is 0 Å². The lowest BCUT2D eigenvalue weighted by Gasteiger charge is -2.24. The molecule has 0 aromatic rings. The minimum atomic E-state index is 1.00. The van der Waals surface area contributed by atoms with Gasteiger partial charge in [-0.3, -0.25) is 0 Å². The van der Waals surface area contributed by atoms with Gasteiger partial charge in [-0.05, 0) is 39.5 Å². The lowest BCUT2D eigenvalue weighted by molar-refractivity contribution is 0.227. The molecule has 0 aliphatic carbocycles. The number of rotatable bonds is 9. The van der Waals surface area contributed by atoms with Gasteiger partial charge >= 0.3 is 0 Å². The molecule has 0 aromatic heterocycles. The summed E-state index contributed by atoms with van der Waals surface area (Å²) in [5, 5.41) is 7.00. The first-order valence-corrected chi connectivity index (χ1v) is 6.60. The largest absolute Gasteiger partial charge is 0.400 e. The minimum absolute atomic E-state index is 1.00. The van der Waals surface area contributed by atoms with E-state index in [1.165, 1.54) is 45.4 Å². The molecule has 100 valence electrons. The third-order valence-corrected chi connectivity index (χ3v) is 2.71. The van der Waals surface area contributed by atoms with E-state index in [2.05, 4.69) is 37.6 Å². The standard InChI is InChI=1S/C12H28N2.CH4O/c1-5-8-10-14(9-6-2)12-11-13(4)7-3;1-2/h5-12H2,1-4H3;2H,1H3. The van der Waals surface area contributed by atoms with Crippen LogP contribution in [0.2, 0.25) is 0 Å². The van der Waals surface area contributed by atoms with Crippen molar-refractivity contribution in [3.8, 4) is 0 Å². The zero-order valence-corrected chi connectivity index (χ0v) is 12.0. The number of likely N-dealkylation sites (N-methyl/N-ethyl adjacent to an activating group) is 1. The molecule has 0 spiro atoms. The molecule has 16 heavy (non-hydrogen) atoms. The van der Waals surface area contributed by atoms with Crippen LogP contribution in [0, 0.1) is 0 Å². The van der Waals surface area contributed by atoms with Crippen LogP contribution >= 0.6 is 0 Å². The fourth-order valence-electron chi connectivity index (χ4n) is 1.50. The Labute approximate surface area is 102 Å². The Morgan fingerprint density at radius 2 is 1.44 bits per heavy atom. The van der Waals surface area contributed by atoms with Crippen molar-refractivity contribution in [1.29, 1.82) is 0 Å². The van der Waals surface area contributed by atoms with Gasteiger partial charge in [0.05, 0.1) is 0 Å². The van der Waals surface area contributed by atoms with Gasteiger partial charge in [-0.1, -0.05) is 27.2 Å². The number of aliphatic hydroxyl groups excluding tert-OH is 1. The zero-order valence-electron chi connectivity index (χ0n) is 12.0. The van der Waals surface area contributed by atoms with Gasteiger partial charge in [-0.25, -0.2) is 0 Å². The van der Waals surface area contributed by atoms with Gasteiger partial charge in [-0.15, -0.1) is 0 Å². The average molecular weight is 232 g/mol. The smallest absolute Gasteiger partial charge is 0.0319 e. The summed E-state index contributed by atoms with van der Waals surface area (Å²) in [5.74, 6) is 0. The van der Waals surface area contributed by atoms with Gasteiger partial charge in [0.1, 0.15) is 0 Å². The Hall–Kier alpha value is -0.120. The van der Waals surface area contributed by atoms with E-state index >= 15 is 0 Å². The van der Waals surface area contributed by atoms with E-state index in [1.54, 1.807) is 0 Å². The summed E-state index contributed by atoms with van der Waals surface area (Å²) in [4.78, 5) is 4.98. The van der Waals surface area contributed by atoms with E-state index in [0.29, 0.717) is 0 Å². The normalized spacial score (nSPS) is 10.5. The highest BCUT2D eigenvalue weighted by atomic mass is 16.2. The van der Waals surface area contributed by atoms with E-state index in [-0.39, 0.29) is 0 Å². The highest BCUT2D eigenvalue weighted by molar-refractivity contribution is 4.59. The number of hydrogen-bond acceptors (Lipinski definition) is 3. The molecule has 0 aliphatic rings. The summed E-state index contributed by atoms with van der Waals surface area (Å²) in [7, 11) is 3.20. The molecule has 0 heterocycles. The van der Waals surface area contributed by atoms with Crippen LogP contribution in [0.4, 0.5) is 0 Å². The molecular weight excluding hydrogens is 200 g/mol. The number of aliphatic hydroxyl groups is 1. The molecule has 0 saturated heterocycles. The second-order valence-electron chi connectivity index (χ2n) is 4.09. The fourth-order valence-corrected chi connectivity index (χ4v) is 1.50. The number of hydrogen-bond donors (Lipinski definition) is 1. The van der Waals surface area contributed by atoms with Crippen LogP contribution in [0.5, 0.6) is 0 Å². The van der Waals surface area contributed by atoms with Crippen molar-refractivity contribution < 1.29 is 5.11 Å². The van der Waals surface area contributed by atoms with Crippen LogP contribution in [0.15, 0.2) is 0 Å². The molecule has 0 bridgehead atoms. The van der Waals surface area contributed by atoms with Crippen LogP contribution in [0.1, 0.15) is 40.0 Å². The summed E-state index contributed by atoms with van der Waals surface area (Å²) >= 11 is 0. The molecule has 0 saturated carbocycles. The molecule has 0 aliphatic heterocycles. The van der Waals surface area contributed by atoms with Crippen molar-refractivity contribution in [3.63, 3.8) is 0 Å². The van der Waals surface area contributed by atoms with E-state index in [0.717, 1.165) is 13.7 Å². The van der Waals surface area contributed by atoms with Gasteiger partial charge < -0.3 is 14.9 Å². The van der Waals surface area contributed by atoms with Gasteiger partial charge in [0.2, 0.25) is 0 Å². The Balaban J connectivity index is 0. The first-order chi connectivity index (χ1) is 7.74. The maximum absolute atomic E-state index is 7.00. The molecule has 1 N–H and O–H groups in total. The zero-order chi connectivity index (χ0) is 12.8. The third-order valence-electron chi connectivity index (χ3n) is 2.71. The fraction of sp³-hybridized carbons (Fsp3) is 1.00. The Kier molecular flexibility index (Phi) is 17.0. The van der Waals surface area contributed by atoms with Crippen molar-refractivity contribution in [2.75, 3.05) is 46.9 Å². The van der Waals surface area contributed by atoms with Gasteiger partial charge in [0.25, 0.3) is 0 Å². The van der Waals surface area contributed by atoms with Crippen LogP contribution in [-0.2, 0) is 0 Å². The molecule has 0 aromatic carbocycles. The molecule has 0 unspecified atom stereocenters. The van der Waals surface area contributed by atoms with Crippen molar-refractivity contribution in [2.24, 2.45) is 0 Å². The highest BCUT2D eigenvalue weighted by Crippen LogP contribution is 1.97. The Morgan fingerprint density at radius 1 is 0.812 bits per heavy atom. The lowest BCUT2D eigenvalue weighted by Crippen LogP contribution is -2.34. The average Bonchev–Trinajstić information content (AvgIpc) is 2.34. The predicted molar refractivity (Wildman–Crippen MR) is 73.0 cm³/mol. The van der Waals surface area contributed by atoms with Gasteiger partial charge in [-0.2, -0.15) is 0 Å². The summed E-state index contributed by atoms with van der Waals surface area (Å²) in [6, 6.07) is 0. The monoisotopic (exact) mass is 232 g/mol. The SMILES string of the molecule is CCCCN(CCC)CCN(C)CC.CO. The molecule has 0 radical (unpaired) electrons. The second-order valence-corrected chi connectivity index (χ2v) is 4.09. The van der Waals surface area contributed by atoms with E-state index in [1.807, 2.05) is 0 Å². The summed E-state index contributed by atoms with van der Waals surface area (Å²) in [6.07, 6.45) is 3.93. The van der Waals surface area contributed by atoms with Gasteiger partial charge in [0, 0.05) is 20.2 Å². The molecule has 0 rings (SSSR count). The minimum Gasteiger partial charge on any atom is -0.400 e. The first kappa shape index (κ1) is 18.3. The quantitative estimate of drug-likeness (QED) is 0.659. The summed E-state index contributed by atoms with van der Waals surface area (Å²) in [6.45, 7) is 12.9. The van der Waals surface area contributed by atoms with E-state index in [9.17, 15) is 0 Å². The molecule has 3 nitrogen and oxygen atoms in total. The number of nitrogens with zero attached hydrogens (tertiary/aromatic N) is 2. The maximum Gasteiger partial charge on any atom is 0.0319 e. The van der Waals surface area contributed by atoms with Crippen LogP contribution in [0.25, 0.3) is 0 Å². The van der Waals surface area contributed by atoms with Crippen LogP contribution < -0.4 is 0 Å². The van der Waals surface area contributed by atoms with Crippen molar-refractivity contribution in [3.05, 3.63) is 0 Å². The first-order valence-electron chi connectivity index (χ1n) is 6.60. The number of unbranched alkanes of at least 4 members (excludes halogenated alkanes) is 1. The topological polar surface area (TPSA) is 26.7 Å². The van der Waals surface area contributed by atoms with E-state index in [4.69, 9.17) is 5.11 Å². The third kappa shape index (κ3) is 12.0. The molecule has 0 atom stereocenters. The summed E-state index contributed by atoms with van der Waals surface area (Å²) in [5.41, 5.74) is 0. The van der Waals surface area contributed by atoms with Gasteiger partial charge in [0.15, 0.2) is 0 Å². The van der Waals surface area contributed by atoms with Crippen molar-refractivity contribution >= 4 is 0 Å². The van der Waals surface area contributed by atoms with Crippen LogP contribution in [-0.4, -0.2) is 61.8 Å². The summed E-state index contributed by atoms with van der Waals surface area (Å²) < 4.78 is 0. The Morgan fingerprint density at radius 3 is 1.88 bits per heavy atom. The van der Waals surface area contributed by atoms with Crippen molar-refractivity contribution in [2.45, 2.75) is 40.0 Å². The maximum atomic E-state index is 7.00. The lowest BCUT2D eigenvalue weighted by atomic mass is 10.3. The molecular formula is C13H32N2O. The Bertz CT molecular complexity index is 121. The highest BCUT2D eigenvalue weighted by Gasteiger charge is 2.03.